The van der Waals surface area contributed by atoms with Gasteiger partial charge in [-0.2, -0.15) is 0 Å². The highest BCUT2D eigenvalue weighted by molar-refractivity contribution is 7.71. The van der Waals surface area contributed by atoms with Crippen molar-refractivity contribution < 1.29 is 14.6 Å². The van der Waals surface area contributed by atoms with Crippen LogP contribution in [-0.4, -0.2) is 53.3 Å². The number of piperazine rings is 1. The van der Waals surface area contributed by atoms with E-state index < -0.39 is 0 Å². The Morgan fingerprint density at radius 1 is 1.10 bits per heavy atom. The minimum Gasteiger partial charge on any atom is -0.347 e. The highest BCUT2D eigenvalue weighted by atomic mass is 32.1. The number of carbonyl (C=O) groups is 1. The second-order valence-electron chi connectivity index (χ2n) is 9.77. The molecule has 0 radical (unpaired) electrons. The van der Waals surface area contributed by atoms with E-state index in [-0.39, 0.29) is 11.4 Å². The molecule has 3 N–H and O–H groups in total. The zero-order chi connectivity index (χ0) is 21.9. The summed E-state index contributed by atoms with van der Waals surface area (Å²) in [4.78, 5) is 15.1. The number of para-hydroxylation sites is 1. The number of benzene rings is 1. The minimum atomic E-state index is -0.165. The molecule has 1 aromatic carbocycles. The number of carbonyl (C=O) groups excluding carboxylic acids is 1. The first-order valence-electron chi connectivity index (χ1n) is 11.0. The Morgan fingerprint density at radius 3 is 2.37 bits per heavy atom. The number of hydrogen-bond acceptors (Lipinski definition) is 2. The second kappa shape index (κ2) is 9.45. The van der Waals surface area contributed by atoms with E-state index in [2.05, 4.69) is 65.0 Å². The molecule has 164 valence electrons. The van der Waals surface area contributed by atoms with Gasteiger partial charge in [-0.3, -0.25) is 13.9 Å². The maximum absolute atomic E-state index is 12.2. The van der Waals surface area contributed by atoms with Crippen LogP contribution in [0.2, 0.25) is 0 Å². The van der Waals surface area contributed by atoms with Gasteiger partial charge in [0, 0.05) is 17.9 Å². The van der Waals surface area contributed by atoms with E-state index in [0.29, 0.717) is 12.5 Å². The van der Waals surface area contributed by atoms with Gasteiger partial charge in [-0.25, -0.2) is 0 Å². The van der Waals surface area contributed by atoms with Gasteiger partial charge < -0.3 is 15.1 Å². The van der Waals surface area contributed by atoms with Crippen LogP contribution in [0.3, 0.4) is 0 Å². The molecule has 0 spiro atoms. The largest absolute Gasteiger partial charge is 0.347 e. The number of amides is 1. The molecule has 7 heteroatoms. The van der Waals surface area contributed by atoms with Crippen molar-refractivity contribution in [3.63, 3.8) is 0 Å². The summed E-state index contributed by atoms with van der Waals surface area (Å²) in [5.74, 6) is 0.590. The van der Waals surface area contributed by atoms with Gasteiger partial charge in [0.2, 0.25) is 0 Å². The summed E-state index contributed by atoms with van der Waals surface area (Å²) in [5, 5.41) is 3.07. The summed E-state index contributed by atoms with van der Waals surface area (Å²) >= 11 is 5.81. The van der Waals surface area contributed by atoms with E-state index in [0.717, 1.165) is 37.6 Å². The van der Waals surface area contributed by atoms with Crippen molar-refractivity contribution in [1.29, 1.82) is 0 Å². The molecule has 6 nitrogen and oxygen atoms in total. The van der Waals surface area contributed by atoms with Gasteiger partial charge in [0.25, 0.3) is 5.91 Å². The van der Waals surface area contributed by atoms with E-state index in [1.54, 1.807) is 0 Å². The van der Waals surface area contributed by atoms with Crippen LogP contribution in [0.25, 0.3) is 5.69 Å². The van der Waals surface area contributed by atoms with Crippen molar-refractivity contribution >= 4 is 18.1 Å². The summed E-state index contributed by atoms with van der Waals surface area (Å²) in [7, 11) is 0. The topological polar surface area (TPSA) is 47.8 Å². The fourth-order valence-electron chi connectivity index (χ4n) is 4.13. The Bertz CT molecular complexity index is 916. The lowest BCUT2D eigenvalue weighted by molar-refractivity contribution is -1.02. The number of nitrogens with zero attached hydrogens (tertiary/aromatic N) is 2. The van der Waals surface area contributed by atoms with Crippen LogP contribution in [0.5, 0.6) is 0 Å². The van der Waals surface area contributed by atoms with Gasteiger partial charge in [0.1, 0.15) is 26.2 Å². The normalized spacial score (nSPS) is 19.8. The molecule has 0 atom stereocenters. The quantitative estimate of drug-likeness (QED) is 0.593. The van der Waals surface area contributed by atoms with Gasteiger partial charge in [0.15, 0.2) is 18.0 Å². The fourth-order valence-corrected chi connectivity index (χ4v) is 4.42. The van der Waals surface area contributed by atoms with Crippen LogP contribution >= 0.6 is 12.2 Å². The van der Waals surface area contributed by atoms with Crippen LogP contribution in [0.15, 0.2) is 36.7 Å². The van der Waals surface area contributed by atoms with E-state index in [1.165, 1.54) is 21.1 Å². The molecule has 1 fully saturated rings. The fraction of sp³-hybridized carbons (Fsp3) is 0.565. The van der Waals surface area contributed by atoms with Crippen LogP contribution in [0.4, 0.5) is 0 Å². The molecule has 1 aromatic heterocycles. The number of rotatable bonds is 6. The molecule has 1 amide bonds. The summed E-state index contributed by atoms with van der Waals surface area (Å²) < 4.78 is 5.15. The number of imidazole rings is 1. The monoisotopic (exact) mass is 431 g/mol. The van der Waals surface area contributed by atoms with Gasteiger partial charge in [0.05, 0.1) is 5.69 Å². The molecule has 2 aromatic rings. The number of nitrogens with one attached hydrogen (secondary N) is 3. The summed E-state index contributed by atoms with van der Waals surface area (Å²) in [6, 6.07) is 8.49. The molecule has 3 rings (SSSR count). The Labute approximate surface area is 185 Å². The van der Waals surface area contributed by atoms with Gasteiger partial charge in [-0.15, -0.1) is 0 Å². The Hall–Kier alpha value is -1.96. The van der Waals surface area contributed by atoms with E-state index in [4.69, 9.17) is 12.2 Å². The molecular weight excluding hydrogens is 394 g/mol. The second-order valence-corrected chi connectivity index (χ2v) is 10.1. The first-order chi connectivity index (χ1) is 14.1. The third kappa shape index (κ3) is 5.80. The molecule has 1 aliphatic heterocycles. The average Bonchev–Trinajstić information content (AvgIpc) is 3.02. The van der Waals surface area contributed by atoms with Gasteiger partial charge >= 0.3 is 0 Å². The summed E-state index contributed by atoms with van der Waals surface area (Å²) in [5.41, 5.74) is 2.32. The Kier molecular flexibility index (Phi) is 7.16. The molecule has 2 heterocycles. The Morgan fingerprint density at radius 2 is 1.73 bits per heavy atom. The van der Waals surface area contributed by atoms with Crippen molar-refractivity contribution in [1.82, 2.24) is 14.5 Å². The van der Waals surface area contributed by atoms with Crippen molar-refractivity contribution in [2.24, 2.45) is 0 Å². The minimum absolute atomic E-state index is 0.143. The zero-order valence-corrected chi connectivity index (χ0v) is 19.8. The highest BCUT2D eigenvalue weighted by Gasteiger charge is 2.26. The van der Waals surface area contributed by atoms with Crippen LogP contribution in [0, 0.1) is 4.77 Å². The maximum atomic E-state index is 12.2. The predicted octanol–water partition coefficient (Wildman–Crippen LogP) is 0.787. The third-order valence-corrected chi connectivity index (χ3v) is 6.08. The highest BCUT2D eigenvalue weighted by Crippen LogP contribution is 2.23. The SMILES string of the molecule is CC(C)c1ccccc1-n1ccn(C[NH+]2CC[NH+](CC(=O)NC(C)(C)C)CC2)c1=S. The standard InChI is InChI=1S/C23H35N5OS/c1-18(2)19-8-6-7-9-20(19)28-15-14-27(22(28)30)17-26-12-10-25(11-13-26)16-21(29)24-23(3,4)5/h6-9,14-15,18H,10-13,16-17H2,1-5H3,(H,24,29)/p+2. The van der Waals surface area contributed by atoms with Gasteiger partial charge in [-0.05, 0) is 50.5 Å². The number of hydrogen-bond donors (Lipinski definition) is 3. The molecule has 0 aliphatic carbocycles. The number of quaternary nitrogens is 2. The smallest absolute Gasteiger partial charge is 0.275 e. The lowest BCUT2D eigenvalue weighted by atomic mass is 10.0. The van der Waals surface area contributed by atoms with Crippen LogP contribution in [0.1, 0.15) is 46.1 Å². The summed E-state index contributed by atoms with van der Waals surface area (Å²) in [6.07, 6.45) is 4.18. The van der Waals surface area contributed by atoms with Crippen molar-refractivity contribution in [3.8, 4) is 5.69 Å². The van der Waals surface area contributed by atoms with Crippen LogP contribution < -0.4 is 15.1 Å². The van der Waals surface area contributed by atoms with Crippen LogP contribution in [-0.2, 0) is 11.5 Å². The molecule has 0 bridgehead atoms. The van der Waals surface area contributed by atoms with Crippen molar-refractivity contribution in [2.45, 2.75) is 52.7 Å². The maximum Gasteiger partial charge on any atom is 0.275 e. The molecule has 0 unspecified atom stereocenters. The molecule has 30 heavy (non-hydrogen) atoms. The number of aromatic nitrogens is 2. The zero-order valence-electron chi connectivity index (χ0n) is 19.0. The first kappa shape index (κ1) is 22.7. The van der Waals surface area contributed by atoms with E-state index >= 15 is 0 Å². The molecule has 1 saturated heterocycles. The van der Waals surface area contributed by atoms with E-state index in [1.807, 2.05) is 20.8 Å². The predicted molar refractivity (Wildman–Crippen MR) is 123 cm³/mol. The summed E-state index contributed by atoms with van der Waals surface area (Å²) in [6.45, 7) is 16.1. The van der Waals surface area contributed by atoms with Crippen molar-refractivity contribution in [3.05, 3.63) is 47.0 Å². The van der Waals surface area contributed by atoms with Crippen molar-refractivity contribution in [2.75, 3.05) is 32.7 Å². The Balaban J connectivity index is 1.59. The third-order valence-electron chi connectivity index (χ3n) is 5.65. The molecular formula is C23H37N5OS+2. The molecule has 0 saturated carbocycles. The van der Waals surface area contributed by atoms with Gasteiger partial charge in [-0.1, -0.05) is 32.0 Å². The lowest BCUT2D eigenvalue weighted by Gasteiger charge is -2.30. The molecule has 1 aliphatic rings. The van der Waals surface area contributed by atoms with E-state index in [9.17, 15) is 4.79 Å². The first-order valence-corrected chi connectivity index (χ1v) is 11.4. The lowest BCUT2D eigenvalue weighted by Crippen LogP contribution is -3.28. The average molecular weight is 432 g/mol.